The van der Waals surface area contributed by atoms with Crippen LogP contribution in [-0.2, 0) is 22.9 Å². The standard InChI is InChI=1S/C15H20N3O7P/c1-10-7-18(14(20)17-13(10)19)12-6-11(2)15(25-12)8-23-26(21,24-9-15)22-5-4-16-3/h7,11-12H,4-6,8-9H2,1-2H3,(H,17,19,20)/t11-,12-,15?,26?/m1/s1. The fraction of sp³-hybridized carbons (Fsp3) is 0.667. The molecule has 2 aliphatic heterocycles. The van der Waals surface area contributed by atoms with Crippen LogP contribution in [0.4, 0.5) is 0 Å². The molecule has 11 heteroatoms. The summed E-state index contributed by atoms with van der Waals surface area (Å²) in [5, 5.41) is 0. The van der Waals surface area contributed by atoms with E-state index in [2.05, 4.69) is 9.83 Å². The summed E-state index contributed by atoms with van der Waals surface area (Å²) >= 11 is 0. The molecule has 0 aliphatic carbocycles. The Morgan fingerprint density at radius 3 is 2.81 bits per heavy atom. The smallest absolute Gasteiger partial charge is 0.346 e. The third-order valence-electron chi connectivity index (χ3n) is 4.67. The number of nitrogens with zero attached hydrogens (tertiary/aromatic N) is 2. The molecule has 2 aliphatic rings. The summed E-state index contributed by atoms with van der Waals surface area (Å²) in [6, 6.07) is 0. The lowest BCUT2D eigenvalue weighted by atomic mass is 9.90. The van der Waals surface area contributed by atoms with Crippen LogP contribution in [0.1, 0.15) is 25.1 Å². The lowest BCUT2D eigenvalue weighted by Crippen LogP contribution is -2.47. The fourth-order valence-corrected chi connectivity index (χ4v) is 4.29. The van der Waals surface area contributed by atoms with E-state index in [1.807, 2.05) is 6.92 Å². The van der Waals surface area contributed by atoms with E-state index in [0.29, 0.717) is 12.0 Å². The minimum atomic E-state index is -3.70. The van der Waals surface area contributed by atoms with E-state index in [4.69, 9.17) is 24.9 Å². The minimum absolute atomic E-state index is 0.0168. The quantitative estimate of drug-likeness (QED) is 0.471. The molecule has 2 atom stereocenters. The molecule has 3 heterocycles. The summed E-state index contributed by atoms with van der Waals surface area (Å²) in [4.78, 5) is 29.0. The van der Waals surface area contributed by atoms with Gasteiger partial charge in [-0.3, -0.25) is 27.9 Å². The van der Waals surface area contributed by atoms with Crippen LogP contribution < -0.4 is 11.2 Å². The molecule has 26 heavy (non-hydrogen) atoms. The van der Waals surface area contributed by atoms with E-state index in [0.717, 1.165) is 0 Å². The van der Waals surface area contributed by atoms with Crippen LogP contribution in [-0.4, -0.2) is 41.5 Å². The predicted octanol–water partition coefficient (Wildman–Crippen LogP) is 1.23. The average Bonchev–Trinajstić information content (AvgIpc) is 2.91. The van der Waals surface area contributed by atoms with Crippen LogP contribution in [0.25, 0.3) is 4.85 Å². The van der Waals surface area contributed by atoms with Gasteiger partial charge in [0.25, 0.3) is 5.56 Å². The van der Waals surface area contributed by atoms with Crippen molar-refractivity contribution < 1.29 is 22.9 Å². The third-order valence-corrected chi connectivity index (χ3v) is 6.06. The maximum absolute atomic E-state index is 12.3. The molecule has 142 valence electrons. The van der Waals surface area contributed by atoms with E-state index in [-0.39, 0.29) is 32.3 Å². The summed E-state index contributed by atoms with van der Waals surface area (Å²) in [5.74, 6) is -0.0522. The van der Waals surface area contributed by atoms with Gasteiger partial charge in [0.1, 0.15) is 18.4 Å². The van der Waals surface area contributed by atoms with Crippen LogP contribution in [0.15, 0.2) is 15.8 Å². The topological polar surface area (TPSA) is 113 Å². The Balaban J connectivity index is 1.73. The maximum Gasteiger partial charge on any atom is 0.475 e. The van der Waals surface area contributed by atoms with Crippen LogP contribution in [0.5, 0.6) is 0 Å². The van der Waals surface area contributed by atoms with Crippen molar-refractivity contribution in [1.29, 1.82) is 0 Å². The first-order valence-electron chi connectivity index (χ1n) is 8.15. The first-order valence-corrected chi connectivity index (χ1v) is 9.61. The van der Waals surface area contributed by atoms with Crippen molar-refractivity contribution in [3.8, 4) is 0 Å². The Morgan fingerprint density at radius 1 is 1.46 bits per heavy atom. The number of hydrogen-bond donors (Lipinski definition) is 1. The third kappa shape index (κ3) is 3.54. The van der Waals surface area contributed by atoms with Gasteiger partial charge in [-0.1, -0.05) is 6.92 Å². The van der Waals surface area contributed by atoms with Gasteiger partial charge in [-0.05, 0) is 19.3 Å². The molecule has 0 aromatic carbocycles. The van der Waals surface area contributed by atoms with Crippen LogP contribution in [0, 0.1) is 19.4 Å². The number of H-pyrrole nitrogens is 1. The Bertz CT molecular complexity index is 874. The number of phosphoric ester groups is 1. The number of aromatic nitrogens is 2. The van der Waals surface area contributed by atoms with Crippen molar-refractivity contribution >= 4 is 7.82 Å². The molecule has 3 rings (SSSR count). The Hall–Kier alpha value is -1.76. The Labute approximate surface area is 149 Å². The first-order chi connectivity index (χ1) is 12.3. The van der Waals surface area contributed by atoms with Crippen molar-refractivity contribution in [2.45, 2.75) is 32.1 Å². The number of nitrogens with one attached hydrogen (secondary N) is 1. The monoisotopic (exact) mass is 385 g/mol. The van der Waals surface area contributed by atoms with E-state index in [9.17, 15) is 14.2 Å². The van der Waals surface area contributed by atoms with Gasteiger partial charge in [-0.15, -0.1) is 0 Å². The lowest BCUT2D eigenvalue weighted by molar-refractivity contribution is -0.152. The molecule has 0 saturated carbocycles. The summed E-state index contributed by atoms with van der Waals surface area (Å²) in [6.45, 7) is 10.2. The molecule has 10 nitrogen and oxygen atoms in total. The van der Waals surface area contributed by atoms with E-state index in [1.165, 1.54) is 10.8 Å². The lowest BCUT2D eigenvalue weighted by Gasteiger charge is -2.38. The van der Waals surface area contributed by atoms with Crippen LogP contribution in [0.3, 0.4) is 0 Å². The number of aryl methyl sites for hydroxylation is 1. The van der Waals surface area contributed by atoms with Crippen molar-refractivity contribution in [2.24, 2.45) is 5.92 Å². The van der Waals surface area contributed by atoms with Crippen LogP contribution in [0.2, 0.25) is 0 Å². The SMILES string of the molecule is [C-]#[N+]CCOP1(=O)OCC2(CO1)O[C@@H](n1cc(C)c(=O)[nH]c1=O)C[C@H]2C. The minimum Gasteiger partial charge on any atom is -0.346 e. The zero-order valence-electron chi connectivity index (χ0n) is 14.5. The molecule has 1 aromatic rings. The van der Waals surface area contributed by atoms with Gasteiger partial charge in [0.2, 0.25) is 6.54 Å². The van der Waals surface area contributed by atoms with Crippen molar-refractivity contribution in [3.05, 3.63) is 44.0 Å². The Morgan fingerprint density at radius 2 is 2.15 bits per heavy atom. The highest BCUT2D eigenvalue weighted by atomic mass is 31.2. The number of aromatic amines is 1. The zero-order chi connectivity index (χ0) is 18.9. The molecule has 1 aromatic heterocycles. The summed E-state index contributed by atoms with van der Waals surface area (Å²) in [6.07, 6.45) is 1.36. The Kier molecular flexibility index (Phi) is 5.19. The van der Waals surface area contributed by atoms with Crippen molar-refractivity contribution in [1.82, 2.24) is 9.55 Å². The van der Waals surface area contributed by atoms with Gasteiger partial charge in [-0.2, -0.15) is 0 Å². The average molecular weight is 385 g/mol. The van der Waals surface area contributed by atoms with E-state index >= 15 is 0 Å². The second-order valence-electron chi connectivity index (χ2n) is 6.46. The number of hydrogen-bond acceptors (Lipinski definition) is 7. The second-order valence-corrected chi connectivity index (χ2v) is 8.13. The van der Waals surface area contributed by atoms with Crippen molar-refractivity contribution in [3.63, 3.8) is 0 Å². The second kappa shape index (κ2) is 7.10. The number of rotatable bonds is 4. The first kappa shape index (κ1) is 19.0. The van der Waals surface area contributed by atoms with Gasteiger partial charge in [0.15, 0.2) is 0 Å². The normalized spacial score (nSPS) is 34.0. The molecule has 1 spiro atoms. The zero-order valence-corrected chi connectivity index (χ0v) is 15.4. The maximum atomic E-state index is 12.3. The van der Waals surface area contributed by atoms with Crippen molar-refractivity contribution in [2.75, 3.05) is 26.4 Å². The van der Waals surface area contributed by atoms with Crippen LogP contribution >= 0.6 is 7.82 Å². The van der Waals surface area contributed by atoms with Gasteiger partial charge in [0, 0.05) is 11.8 Å². The molecular weight excluding hydrogens is 365 g/mol. The molecular formula is C15H20N3O7P. The number of phosphoric acid groups is 1. The highest BCUT2D eigenvalue weighted by molar-refractivity contribution is 7.48. The molecule has 2 fully saturated rings. The van der Waals surface area contributed by atoms with Gasteiger partial charge in [-0.25, -0.2) is 15.9 Å². The van der Waals surface area contributed by atoms with Gasteiger partial charge >= 0.3 is 13.5 Å². The molecule has 2 saturated heterocycles. The van der Waals surface area contributed by atoms with Gasteiger partial charge < -0.3 is 9.58 Å². The molecule has 0 unspecified atom stereocenters. The summed E-state index contributed by atoms with van der Waals surface area (Å²) in [5.41, 5.74) is -1.46. The molecule has 0 radical (unpaired) electrons. The summed E-state index contributed by atoms with van der Waals surface area (Å²) < 4.78 is 35.4. The van der Waals surface area contributed by atoms with Gasteiger partial charge in [0.05, 0.1) is 13.2 Å². The highest BCUT2D eigenvalue weighted by Gasteiger charge is 2.53. The fourth-order valence-electron chi connectivity index (χ4n) is 3.00. The van der Waals surface area contributed by atoms with E-state index in [1.54, 1.807) is 6.92 Å². The summed E-state index contributed by atoms with van der Waals surface area (Å²) in [7, 11) is -3.70. The molecule has 0 bridgehead atoms. The molecule has 1 N–H and O–H groups in total. The molecule has 0 amide bonds. The highest BCUT2D eigenvalue weighted by Crippen LogP contribution is 2.57. The predicted molar refractivity (Wildman–Crippen MR) is 89.6 cm³/mol. The largest absolute Gasteiger partial charge is 0.475 e. The number of ether oxygens (including phenoxy) is 1. The van der Waals surface area contributed by atoms with E-state index < -0.39 is 30.9 Å².